The van der Waals surface area contributed by atoms with E-state index in [9.17, 15) is 17.4 Å². The van der Waals surface area contributed by atoms with Crippen LogP contribution in [0.25, 0.3) is 0 Å². The van der Waals surface area contributed by atoms with Gasteiger partial charge in [-0.3, -0.25) is 0 Å². The lowest BCUT2D eigenvalue weighted by Gasteiger charge is -2.24. The Morgan fingerprint density at radius 2 is 2.00 bits per heavy atom. The first-order chi connectivity index (χ1) is 11.0. The third kappa shape index (κ3) is 3.88. The molecular weight excluding hydrogens is 339 g/mol. The number of hydrogen-bond acceptors (Lipinski definition) is 2. The number of rotatable bonds is 4. The van der Waals surface area contributed by atoms with Gasteiger partial charge in [0.2, 0.25) is 0 Å². The van der Waals surface area contributed by atoms with Crippen LogP contribution in [0.4, 0.5) is 13.2 Å². The Kier molecular flexibility index (Phi) is 5.54. The van der Waals surface area contributed by atoms with Crippen molar-refractivity contribution in [2.75, 3.05) is 6.61 Å². The minimum atomic E-state index is -3.42. The molecule has 0 amide bonds. The molecule has 134 valence electrons. The van der Waals surface area contributed by atoms with Crippen LogP contribution in [0.1, 0.15) is 51.7 Å². The second kappa shape index (κ2) is 6.96. The van der Waals surface area contributed by atoms with Gasteiger partial charge in [-0.05, 0) is 46.6 Å². The van der Waals surface area contributed by atoms with Crippen LogP contribution in [-0.2, 0) is 21.6 Å². The zero-order valence-corrected chi connectivity index (χ0v) is 15.1. The van der Waals surface area contributed by atoms with Crippen LogP contribution >= 0.6 is 0 Å². The van der Waals surface area contributed by atoms with Crippen LogP contribution in [0.15, 0.2) is 22.6 Å². The molecule has 24 heavy (non-hydrogen) atoms. The zero-order valence-electron chi connectivity index (χ0n) is 14.2. The summed E-state index contributed by atoms with van der Waals surface area (Å²) >= 11 is 0. The lowest BCUT2D eigenvalue weighted by molar-refractivity contribution is -0.124. The average Bonchev–Trinajstić information content (AvgIpc) is 3.01. The largest absolute Gasteiger partial charge is 0.372 e. The fraction of sp³-hybridized carbons (Fsp3) is 0.588. The standard InChI is InChI=1S/C17H22F3NO2S/c1-11(21-24(22)16(2,3)4)12-7-5-8-13(15(12)18)17(19,20)14-9-6-10-23-14/h5,7-8,14H,6,9-10H2,1-4H3/b21-11+/t14?,24-/m1/s1. The molecular formula is C17H22F3NO2S. The molecule has 0 aromatic heterocycles. The van der Waals surface area contributed by atoms with Crippen molar-refractivity contribution in [2.24, 2.45) is 4.40 Å². The van der Waals surface area contributed by atoms with Crippen molar-refractivity contribution in [1.82, 2.24) is 0 Å². The molecule has 1 aliphatic heterocycles. The van der Waals surface area contributed by atoms with Crippen molar-refractivity contribution in [3.63, 3.8) is 0 Å². The number of ether oxygens (including phenoxy) is 1. The Hall–Kier alpha value is -1.21. The maximum absolute atomic E-state index is 14.7. The molecule has 0 N–H and O–H groups in total. The van der Waals surface area contributed by atoms with Crippen LogP contribution in [0, 0.1) is 5.82 Å². The van der Waals surface area contributed by atoms with Gasteiger partial charge in [-0.15, -0.1) is 0 Å². The number of alkyl halides is 2. The van der Waals surface area contributed by atoms with Crippen molar-refractivity contribution in [2.45, 2.75) is 57.3 Å². The average molecular weight is 361 g/mol. The van der Waals surface area contributed by atoms with Gasteiger partial charge >= 0.3 is 5.92 Å². The molecule has 1 aliphatic rings. The lowest BCUT2D eigenvalue weighted by atomic mass is 9.97. The quantitative estimate of drug-likeness (QED) is 0.747. The van der Waals surface area contributed by atoms with E-state index in [4.69, 9.17) is 4.74 Å². The van der Waals surface area contributed by atoms with E-state index in [1.165, 1.54) is 19.1 Å². The maximum Gasteiger partial charge on any atom is 0.301 e. The van der Waals surface area contributed by atoms with E-state index in [1.54, 1.807) is 20.8 Å². The normalized spacial score (nSPS) is 21.1. The molecule has 0 bridgehead atoms. The monoisotopic (exact) mass is 361 g/mol. The third-order valence-corrected chi connectivity index (χ3v) is 5.31. The number of halogens is 3. The van der Waals surface area contributed by atoms with Crippen LogP contribution in [0.3, 0.4) is 0 Å². The summed E-state index contributed by atoms with van der Waals surface area (Å²) in [6.07, 6.45) is -0.590. The Balaban J connectivity index is 2.41. The van der Waals surface area contributed by atoms with Gasteiger partial charge in [0.05, 0.1) is 16.0 Å². The first-order valence-electron chi connectivity index (χ1n) is 7.81. The molecule has 1 aromatic carbocycles. The van der Waals surface area contributed by atoms with Crippen molar-refractivity contribution in [3.8, 4) is 0 Å². The molecule has 2 rings (SSSR count). The predicted molar refractivity (Wildman–Crippen MR) is 89.4 cm³/mol. The highest BCUT2D eigenvalue weighted by atomic mass is 32.2. The third-order valence-electron chi connectivity index (χ3n) is 3.83. The van der Waals surface area contributed by atoms with Crippen LogP contribution in [0.2, 0.25) is 0 Å². The van der Waals surface area contributed by atoms with E-state index in [0.29, 0.717) is 6.42 Å². The zero-order chi connectivity index (χ0) is 18.1. The topological polar surface area (TPSA) is 38.7 Å². The molecule has 0 aliphatic carbocycles. The molecule has 7 heteroatoms. The van der Waals surface area contributed by atoms with E-state index >= 15 is 0 Å². The van der Waals surface area contributed by atoms with E-state index in [-0.39, 0.29) is 24.3 Å². The Morgan fingerprint density at radius 3 is 2.54 bits per heavy atom. The summed E-state index contributed by atoms with van der Waals surface area (Å²) in [6.45, 7) is 6.93. The van der Waals surface area contributed by atoms with Gasteiger partial charge < -0.3 is 4.74 Å². The molecule has 1 saturated heterocycles. The van der Waals surface area contributed by atoms with Crippen LogP contribution in [0.5, 0.6) is 0 Å². The number of hydrogen-bond donors (Lipinski definition) is 0. The van der Waals surface area contributed by atoms with E-state index in [1.807, 2.05) is 0 Å². The van der Waals surface area contributed by atoms with Crippen LogP contribution in [-0.4, -0.2) is 27.4 Å². The van der Waals surface area contributed by atoms with Gasteiger partial charge in [-0.25, -0.2) is 8.60 Å². The highest BCUT2D eigenvalue weighted by molar-refractivity contribution is 7.85. The maximum atomic E-state index is 14.7. The van der Waals surface area contributed by atoms with Crippen LogP contribution < -0.4 is 0 Å². The molecule has 2 atom stereocenters. The van der Waals surface area contributed by atoms with Gasteiger partial charge in [0.15, 0.2) is 0 Å². The predicted octanol–water partition coefficient (Wildman–Crippen LogP) is 4.37. The second-order valence-corrected chi connectivity index (χ2v) is 8.74. The molecule has 0 radical (unpaired) electrons. The molecule has 0 spiro atoms. The fourth-order valence-corrected chi connectivity index (χ4v) is 3.04. The van der Waals surface area contributed by atoms with Crippen molar-refractivity contribution in [3.05, 3.63) is 35.1 Å². The van der Waals surface area contributed by atoms with Crippen molar-refractivity contribution in [1.29, 1.82) is 0 Å². The Bertz CT molecular complexity index is 662. The molecule has 1 unspecified atom stereocenters. The first kappa shape index (κ1) is 19.1. The Morgan fingerprint density at radius 1 is 1.33 bits per heavy atom. The fourth-order valence-electron chi connectivity index (χ4n) is 2.42. The second-order valence-electron chi connectivity index (χ2n) is 6.83. The summed E-state index contributed by atoms with van der Waals surface area (Å²) in [7, 11) is -1.60. The highest BCUT2D eigenvalue weighted by Gasteiger charge is 2.46. The number of benzene rings is 1. The number of nitrogens with zero attached hydrogens (tertiary/aromatic N) is 1. The Labute approximate surface area is 142 Å². The highest BCUT2D eigenvalue weighted by Crippen LogP contribution is 2.40. The van der Waals surface area contributed by atoms with Gasteiger partial charge in [0.25, 0.3) is 0 Å². The van der Waals surface area contributed by atoms with Gasteiger partial charge in [0, 0.05) is 12.2 Å². The summed E-state index contributed by atoms with van der Waals surface area (Å²) in [5.41, 5.74) is -0.642. The summed E-state index contributed by atoms with van der Waals surface area (Å²) in [6, 6.07) is 3.78. The minimum absolute atomic E-state index is 0.0669. The minimum Gasteiger partial charge on any atom is -0.372 e. The van der Waals surface area contributed by atoms with Crippen molar-refractivity contribution >= 4 is 16.7 Å². The van der Waals surface area contributed by atoms with E-state index < -0.39 is 39.1 Å². The molecule has 1 heterocycles. The smallest absolute Gasteiger partial charge is 0.301 e. The summed E-state index contributed by atoms with van der Waals surface area (Å²) in [4.78, 5) is 0. The molecule has 0 saturated carbocycles. The summed E-state index contributed by atoms with van der Waals surface area (Å²) in [5.74, 6) is -4.45. The van der Waals surface area contributed by atoms with Gasteiger partial charge in [0.1, 0.15) is 22.9 Å². The van der Waals surface area contributed by atoms with Gasteiger partial charge in [-0.2, -0.15) is 13.2 Å². The SMILES string of the molecule is C/C(=N\[S@](=O)C(C)(C)C)c1cccc(C(F)(F)C2CCCO2)c1F. The molecule has 3 nitrogen and oxygen atoms in total. The molecule has 1 fully saturated rings. The summed E-state index contributed by atoms with van der Waals surface area (Å²) < 4.78 is 64.3. The van der Waals surface area contributed by atoms with E-state index in [2.05, 4.69) is 4.40 Å². The van der Waals surface area contributed by atoms with Crippen molar-refractivity contribution < 1.29 is 22.1 Å². The molecule has 1 aromatic rings. The van der Waals surface area contributed by atoms with E-state index in [0.717, 1.165) is 6.07 Å². The first-order valence-corrected chi connectivity index (χ1v) is 8.92. The lowest BCUT2D eigenvalue weighted by Crippen LogP contribution is -2.31. The summed E-state index contributed by atoms with van der Waals surface area (Å²) in [5, 5.41) is 0. The van der Waals surface area contributed by atoms with Gasteiger partial charge in [-0.1, -0.05) is 12.1 Å².